The van der Waals surface area contributed by atoms with Crippen LogP contribution in [0.5, 0.6) is 0 Å². The molecule has 0 unspecified atom stereocenters. The van der Waals surface area contributed by atoms with E-state index < -0.39 is 26.2 Å². The number of hydrogen-bond acceptors (Lipinski definition) is 1. The molecule has 16 heavy (non-hydrogen) atoms. The molecule has 0 aromatic heterocycles. The fourth-order valence-corrected chi connectivity index (χ4v) is 11.2. The van der Waals surface area contributed by atoms with Crippen molar-refractivity contribution >= 4 is 5.97 Å². The van der Waals surface area contributed by atoms with Gasteiger partial charge < -0.3 is 0 Å². The Morgan fingerprint density at radius 3 is 1.88 bits per heavy atom. The third-order valence-electron chi connectivity index (χ3n) is 4.10. The fourth-order valence-electron chi connectivity index (χ4n) is 2.41. The Hall–Kier alpha value is 0.353. The maximum absolute atomic E-state index is 10.3. The van der Waals surface area contributed by atoms with Crippen LogP contribution >= 0.6 is 0 Å². The van der Waals surface area contributed by atoms with Gasteiger partial charge in [-0.05, 0) is 0 Å². The Morgan fingerprint density at radius 2 is 1.44 bits per heavy atom. The second-order valence-corrected chi connectivity index (χ2v) is 18.7. The van der Waals surface area contributed by atoms with Gasteiger partial charge in [0.15, 0.2) is 0 Å². The molecule has 0 heterocycles. The van der Waals surface area contributed by atoms with Crippen LogP contribution in [-0.4, -0.2) is 11.1 Å². The monoisotopic (exact) mass is 306 g/mol. The van der Waals surface area contributed by atoms with Crippen molar-refractivity contribution in [3.63, 3.8) is 0 Å². The summed E-state index contributed by atoms with van der Waals surface area (Å²) in [4.78, 5) is 10.3. The van der Waals surface area contributed by atoms with Crippen LogP contribution < -0.4 is 0 Å². The third-order valence-corrected chi connectivity index (χ3v) is 18.6. The molecule has 1 N–H and O–H groups in total. The van der Waals surface area contributed by atoms with E-state index in [9.17, 15) is 4.79 Å². The number of carboxylic acids is 1. The molecular weight excluding hydrogens is 279 g/mol. The molecule has 0 saturated heterocycles. The van der Waals surface area contributed by atoms with Crippen LogP contribution in [0, 0.1) is 0 Å². The summed E-state index contributed by atoms with van der Waals surface area (Å²) in [6.07, 6.45) is 4.91. The molecule has 0 fully saturated rings. The van der Waals surface area contributed by atoms with E-state index in [1.165, 1.54) is 29.4 Å². The van der Waals surface area contributed by atoms with Crippen molar-refractivity contribution < 1.29 is 30.2 Å². The van der Waals surface area contributed by atoms with Crippen LogP contribution in [0.4, 0.5) is 0 Å². The van der Waals surface area contributed by atoms with Crippen LogP contribution in [0.15, 0.2) is 0 Å². The van der Waals surface area contributed by atoms with E-state index >= 15 is 0 Å². The van der Waals surface area contributed by atoms with Gasteiger partial charge in [-0.1, -0.05) is 0 Å². The zero-order valence-electron chi connectivity index (χ0n) is 11.2. The summed E-state index contributed by atoms with van der Waals surface area (Å²) < 4.78 is 5.97. The first-order valence-corrected chi connectivity index (χ1v) is 13.8. The molecule has 0 aromatic carbocycles. The Kier molecular flexibility index (Phi) is 9.60. The summed E-state index contributed by atoms with van der Waals surface area (Å²) in [7, 11) is 0. The molecule has 96 valence electrons. The second-order valence-electron chi connectivity index (χ2n) is 4.87. The van der Waals surface area contributed by atoms with Crippen molar-refractivity contribution in [3.05, 3.63) is 0 Å². The van der Waals surface area contributed by atoms with Gasteiger partial charge in [0.2, 0.25) is 0 Å². The van der Waals surface area contributed by atoms with Crippen LogP contribution in [0.1, 0.15) is 52.9 Å². The number of unbranched alkanes of at least 4 members (excludes halogenated alkanes) is 3. The van der Waals surface area contributed by atoms with Crippen LogP contribution in [0.3, 0.4) is 0 Å². The molecule has 0 amide bonds. The first kappa shape index (κ1) is 16.4. The Bertz CT molecular complexity index is 180. The normalized spacial score (nSPS) is 11.7. The molecule has 0 saturated carbocycles. The molecular formula is C13H28O2Zr. The predicted octanol–water partition coefficient (Wildman–Crippen LogP) is 4.91. The molecule has 3 heteroatoms. The van der Waals surface area contributed by atoms with Crippen molar-refractivity contribution in [1.29, 1.82) is 0 Å². The van der Waals surface area contributed by atoms with Crippen molar-refractivity contribution in [2.75, 3.05) is 0 Å². The van der Waals surface area contributed by atoms with Crippen LogP contribution in [0.2, 0.25) is 16.5 Å². The van der Waals surface area contributed by atoms with E-state index in [-0.39, 0.29) is 0 Å². The summed E-state index contributed by atoms with van der Waals surface area (Å²) in [5.74, 6) is -0.649. The Labute approximate surface area is 105 Å². The van der Waals surface area contributed by atoms with E-state index in [4.69, 9.17) is 5.11 Å². The predicted molar refractivity (Wildman–Crippen MR) is 67.0 cm³/mol. The molecule has 0 aliphatic heterocycles. The molecule has 0 atom stereocenters. The van der Waals surface area contributed by atoms with E-state index in [1.54, 1.807) is 0 Å². The van der Waals surface area contributed by atoms with E-state index in [0.717, 1.165) is 12.8 Å². The number of carboxylic acid groups (broad SMARTS) is 1. The zero-order chi connectivity index (χ0) is 12.4. The average molecular weight is 308 g/mol. The van der Waals surface area contributed by atoms with Gasteiger partial charge in [0.1, 0.15) is 0 Å². The molecule has 0 rings (SSSR count). The first-order valence-electron chi connectivity index (χ1n) is 6.82. The van der Waals surface area contributed by atoms with Crippen LogP contribution in [-0.2, 0) is 25.1 Å². The topological polar surface area (TPSA) is 37.3 Å². The fraction of sp³-hybridized carbons (Fsp3) is 0.923. The van der Waals surface area contributed by atoms with E-state index in [2.05, 4.69) is 20.8 Å². The molecule has 0 aromatic rings. The van der Waals surface area contributed by atoms with E-state index in [1.807, 2.05) is 0 Å². The third kappa shape index (κ3) is 6.83. The zero-order valence-corrected chi connectivity index (χ0v) is 13.7. The molecule has 0 aliphatic rings. The minimum atomic E-state index is -1.67. The van der Waals surface area contributed by atoms with Gasteiger partial charge in [-0.25, -0.2) is 0 Å². The standard InChI is InChI=1S/C7H13O2.3C2H5.Zr/c1-2-3-4-5-6-7(8)9;3*1-2;/h1-6H2,(H,8,9);3*1H2,2H3;. The number of rotatable bonds is 10. The van der Waals surface area contributed by atoms with Gasteiger partial charge in [0.25, 0.3) is 0 Å². The Balaban J connectivity index is 3.59. The quantitative estimate of drug-likeness (QED) is 0.582. The molecule has 0 aliphatic carbocycles. The number of aliphatic carboxylic acids is 1. The SMILES string of the molecule is C[CH2][Zr]([CH2]C)([CH2]C)[CH2]CCCCCC(=O)O. The summed E-state index contributed by atoms with van der Waals surface area (Å²) in [5, 5.41) is 8.52. The summed E-state index contributed by atoms with van der Waals surface area (Å²) in [5.41, 5.74) is 0. The van der Waals surface area contributed by atoms with Crippen molar-refractivity contribution in [1.82, 2.24) is 0 Å². The number of hydrogen-bond donors (Lipinski definition) is 1. The van der Waals surface area contributed by atoms with Gasteiger partial charge in [-0.15, -0.1) is 0 Å². The maximum atomic E-state index is 10.3. The van der Waals surface area contributed by atoms with Crippen molar-refractivity contribution in [2.45, 2.75) is 69.4 Å². The Morgan fingerprint density at radius 1 is 0.938 bits per heavy atom. The van der Waals surface area contributed by atoms with Gasteiger partial charge in [-0.2, -0.15) is 0 Å². The van der Waals surface area contributed by atoms with Gasteiger partial charge in [0.05, 0.1) is 0 Å². The molecule has 2 nitrogen and oxygen atoms in total. The first-order chi connectivity index (χ1) is 7.60. The minimum absolute atomic E-state index is 0.351. The number of carbonyl (C=O) groups is 1. The summed E-state index contributed by atoms with van der Waals surface area (Å²) >= 11 is -1.67. The molecule has 0 spiro atoms. The molecule has 0 radical (unpaired) electrons. The van der Waals surface area contributed by atoms with E-state index in [0.29, 0.717) is 6.42 Å². The van der Waals surface area contributed by atoms with Gasteiger partial charge in [0, 0.05) is 0 Å². The van der Waals surface area contributed by atoms with Gasteiger partial charge in [-0.3, -0.25) is 0 Å². The second kappa shape index (κ2) is 9.39. The van der Waals surface area contributed by atoms with Crippen molar-refractivity contribution in [2.24, 2.45) is 0 Å². The van der Waals surface area contributed by atoms with Crippen LogP contribution in [0.25, 0.3) is 0 Å². The average Bonchev–Trinajstić information content (AvgIpc) is 2.29. The van der Waals surface area contributed by atoms with Gasteiger partial charge >= 0.3 is 106 Å². The summed E-state index contributed by atoms with van der Waals surface area (Å²) in [6, 6.07) is 0. The summed E-state index contributed by atoms with van der Waals surface area (Å²) in [6.45, 7) is 7.15. The molecule has 0 bridgehead atoms. The van der Waals surface area contributed by atoms with Crippen molar-refractivity contribution in [3.8, 4) is 0 Å².